The molecule has 0 N–H and O–H groups in total. The van der Waals surface area contributed by atoms with E-state index in [0.717, 1.165) is 46.7 Å². The number of aromatic nitrogens is 1. The van der Waals surface area contributed by atoms with E-state index in [4.69, 9.17) is 9.47 Å². The molecule has 0 bridgehead atoms. The van der Waals surface area contributed by atoms with Gasteiger partial charge in [0.25, 0.3) is 0 Å². The number of nitrogens with zero attached hydrogens (tertiary/aromatic N) is 1. The van der Waals surface area contributed by atoms with Crippen molar-refractivity contribution in [3.8, 4) is 5.75 Å². The van der Waals surface area contributed by atoms with Gasteiger partial charge in [-0.3, -0.25) is 9.78 Å². The van der Waals surface area contributed by atoms with Crippen LogP contribution in [0.4, 0.5) is 0 Å². The summed E-state index contributed by atoms with van der Waals surface area (Å²) in [6, 6.07) is 9.74. The van der Waals surface area contributed by atoms with E-state index in [2.05, 4.69) is 20.9 Å². The number of pyridine rings is 1. The maximum Gasteiger partial charge on any atom is 0.316 e. The van der Waals surface area contributed by atoms with Crippen LogP contribution in [-0.2, 0) is 21.6 Å². The second-order valence-electron chi connectivity index (χ2n) is 6.95. The van der Waals surface area contributed by atoms with Crippen molar-refractivity contribution in [2.45, 2.75) is 37.7 Å². The van der Waals surface area contributed by atoms with Crippen LogP contribution >= 0.6 is 15.9 Å². The largest absolute Gasteiger partial charge is 0.493 e. The van der Waals surface area contributed by atoms with Gasteiger partial charge in [-0.05, 0) is 76.9 Å². The van der Waals surface area contributed by atoms with E-state index in [9.17, 15) is 4.79 Å². The second kappa shape index (κ2) is 6.79. The highest BCUT2D eigenvalue weighted by Crippen LogP contribution is 2.49. The molecule has 4 rings (SSSR count). The summed E-state index contributed by atoms with van der Waals surface area (Å²) < 4.78 is 12.2. The number of ether oxygens (including phenoxy) is 2. The Hall–Kier alpha value is -1.88. The molecule has 0 unspecified atom stereocenters. The van der Waals surface area contributed by atoms with E-state index in [1.807, 2.05) is 30.3 Å². The van der Waals surface area contributed by atoms with E-state index in [0.29, 0.717) is 0 Å². The number of esters is 1. The van der Waals surface area contributed by atoms with Gasteiger partial charge in [0.05, 0.1) is 12.0 Å². The first kappa shape index (κ1) is 16.6. The molecule has 2 saturated carbocycles. The number of carbonyl (C=O) groups excluding carboxylic acids is 1. The number of hydrogen-bond donors (Lipinski definition) is 0. The highest BCUT2D eigenvalue weighted by molar-refractivity contribution is 9.10. The topological polar surface area (TPSA) is 48.4 Å². The summed E-state index contributed by atoms with van der Waals surface area (Å²) in [7, 11) is 0. The molecule has 1 aromatic heterocycles. The van der Waals surface area contributed by atoms with E-state index >= 15 is 0 Å². The molecule has 0 radical (unpaired) electrons. The number of carbonyl (C=O) groups is 1. The van der Waals surface area contributed by atoms with Gasteiger partial charge in [-0.1, -0.05) is 12.1 Å². The molecule has 0 aliphatic heterocycles. The lowest BCUT2D eigenvalue weighted by atomic mass is 9.98. The van der Waals surface area contributed by atoms with Crippen LogP contribution in [0.3, 0.4) is 0 Å². The molecule has 0 atom stereocenters. The van der Waals surface area contributed by atoms with Crippen LogP contribution in [-0.4, -0.2) is 17.6 Å². The zero-order valence-electron chi connectivity index (χ0n) is 13.9. The standard InChI is InChI=1S/C20H20BrNO3/c21-17-9-16(10-22-11-17)20(7-8-20)19(23)25-13-15-3-5-18(6-4-15)24-12-14-1-2-14/h3-6,9-11,14H,1-2,7-8,12-13H2. The molecule has 5 heteroatoms. The lowest BCUT2D eigenvalue weighted by molar-refractivity contribution is -0.148. The molecule has 25 heavy (non-hydrogen) atoms. The Bertz CT molecular complexity index is 767. The van der Waals surface area contributed by atoms with Gasteiger partial charge in [0.1, 0.15) is 12.4 Å². The van der Waals surface area contributed by atoms with Crippen LogP contribution in [0.1, 0.15) is 36.8 Å². The van der Waals surface area contributed by atoms with Crippen LogP contribution in [0.15, 0.2) is 47.2 Å². The van der Waals surface area contributed by atoms with E-state index in [-0.39, 0.29) is 12.6 Å². The number of halogens is 1. The van der Waals surface area contributed by atoms with Gasteiger partial charge in [-0.2, -0.15) is 0 Å². The molecule has 130 valence electrons. The maximum absolute atomic E-state index is 12.6. The van der Waals surface area contributed by atoms with Crippen LogP contribution in [0.25, 0.3) is 0 Å². The normalized spacial score (nSPS) is 17.8. The van der Waals surface area contributed by atoms with Gasteiger partial charge in [0, 0.05) is 16.9 Å². The molecule has 0 amide bonds. The highest BCUT2D eigenvalue weighted by atomic mass is 79.9. The highest BCUT2D eigenvalue weighted by Gasteiger charge is 2.53. The third-order valence-corrected chi connectivity index (χ3v) is 5.31. The minimum absolute atomic E-state index is 0.165. The minimum Gasteiger partial charge on any atom is -0.493 e. The maximum atomic E-state index is 12.6. The van der Waals surface area contributed by atoms with Crippen LogP contribution in [0.5, 0.6) is 5.75 Å². The predicted octanol–water partition coefficient (Wildman–Crippen LogP) is 4.41. The molecule has 2 fully saturated rings. The molecule has 1 aromatic carbocycles. The average Bonchev–Trinajstić information content (AvgIpc) is 3.53. The Morgan fingerprint density at radius 1 is 1.20 bits per heavy atom. The number of benzene rings is 1. The lowest BCUT2D eigenvalue weighted by Crippen LogP contribution is -2.23. The molecule has 0 spiro atoms. The molecule has 2 aromatic rings. The van der Waals surface area contributed by atoms with Crippen molar-refractivity contribution >= 4 is 21.9 Å². The van der Waals surface area contributed by atoms with Crippen molar-refractivity contribution in [2.24, 2.45) is 5.92 Å². The van der Waals surface area contributed by atoms with Gasteiger partial charge in [-0.25, -0.2) is 0 Å². The zero-order valence-corrected chi connectivity index (χ0v) is 15.5. The number of rotatable bonds is 7. The van der Waals surface area contributed by atoms with Gasteiger partial charge in [0.2, 0.25) is 0 Å². The fraction of sp³-hybridized carbons (Fsp3) is 0.400. The molecule has 0 saturated heterocycles. The minimum atomic E-state index is -0.510. The molecule has 2 aliphatic rings. The lowest BCUT2D eigenvalue weighted by Gasteiger charge is -2.15. The van der Waals surface area contributed by atoms with E-state index < -0.39 is 5.41 Å². The summed E-state index contributed by atoms with van der Waals surface area (Å²) in [6.45, 7) is 1.09. The van der Waals surface area contributed by atoms with Gasteiger partial charge < -0.3 is 9.47 Å². The first-order valence-electron chi connectivity index (χ1n) is 8.66. The average molecular weight is 402 g/mol. The monoisotopic (exact) mass is 401 g/mol. The third-order valence-electron chi connectivity index (χ3n) is 4.87. The first-order chi connectivity index (χ1) is 12.2. The van der Waals surface area contributed by atoms with Gasteiger partial charge >= 0.3 is 5.97 Å². The van der Waals surface area contributed by atoms with Crippen molar-refractivity contribution in [1.29, 1.82) is 0 Å². The summed E-state index contributed by atoms with van der Waals surface area (Å²) in [4.78, 5) is 16.7. The Morgan fingerprint density at radius 2 is 1.96 bits per heavy atom. The fourth-order valence-electron chi connectivity index (χ4n) is 2.88. The SMILES string of the molecule is O=C(OCc1ccc(OCC2CC2)cc1)C1(c2cncc(Br)c2)CC1. The molecular formula is C20H20BrNO3. The Balaban J connectivity index is 1.33. The fourth-order valence-corrected chi connectivity index (χ4v) is 3.24. The van der Waals surface area contributed by atoms with Gasteiger partial charge in [-0.15, -0.1) is 0 Å². The first-order valence-corrected chi connectivity index (χ1v) is 9.45. The summed E-state index contributed by atoms with van der Waals surface area (Å²) >= 11 is 3.41. The Morgan fingerprint density at radius 3 is 2.60 bits per heavy atom. The van der Waals surface area contributed by atoms with Crippen LogP contribution in [0.2, 0.25) is 0 Å². The van der Waals surface area contributed by atoms with Crippen molar-refractivity contribution in [2.75, 3.05) is 6.61 Å². The molecular weight excluding hydrogens is 382 g/mol. The van der Waals surface area contributed by atoms with Crippen molar-refractivity contribution < 1.29 is 14.3 Å². The summed E-state index contributed by atoms with van der Waals surface area (Å²) in [5.41, 5.74) is 1.38. The number of hydrogen-bond acceptors (Lipinski definition) is 4. The summed E-state index contributed by atoms with van der Waals surface area (Å²) in [6.07, 6.45) is 7.67. The zero-order chi connectivity index (χ0) is 17.3. The van der Waals surface area contributed by atoms with Crippen molar-refractivity contribution in [3.63, 3.8) is 0 Å². The molecule has 4 nitrogen and oxygen atoms in total. The van der Waals surface area contributed by atoms with Crippen molar-refractivity contribution in [1.82, 2.24) is 4.98 Å². The van der Waals surface area contributed by atoms with Gasteiger partial charge in [0.15, 0.2) is 0 Å². The Labute approximate surface area is 155 Å². The second-order valence-corrected chi connectivity index (χ2v) is 7.86. The van der Waals surface area contributed by atoms with Crippen LogP contribution < -0.4 is 4.74 Å². The molecule has 1 heterocycles. The summed E-state index contributed by atoms with van der Waals surface area (Å²) in [5, 5.41) is 0. The smallest absolute Gasteiger partial charge is 0.316 e. The van der Waals surface area contributed by atoms with E-state index in [1.54, 1.807) is 12.4 Å². The van der Waals surface area contributed by atoms with Crippen molar-refractivity contribution in [3.05, 3.63) is 58.3 Å². The summed E-state index contributed by atoms with van der Waals surface area (Å²) in [5.74, 6) is 1.45. The predicted molar refractivity (Wildman–Crippen MR) is 97.3 cm³/mol. The Kier molecular flexibility index (Phi) is 4.50. The van der Waals surface area contributed by atoms with E-state index in [1.165, 1.54) is 12.8 Å². The molecule has 2 aliphatic carbocycles. The van der Waals surface area contributed by atoms with Crippen LogP contribution in [0, 0.1) is 5.92 Å². The third kappa shape index (κ3) is 3.87. The quantitative estimate of drug-likeness (QED) is 0.644.